The lowest BCUT2D eigenvalue weighted by atomic mass is 9.89. The van der Waals surface area contributed by atoms with Gasteiger partial charge in [0.2, 0.25) is 0 Å². The van der Waals surface area contributed by atoms with E-state index in [2.05, 4.69) is 41.3 Å². The third kappa shape index (κ3) is 3.80. The summed E-state index contributed by atoms with van der Waals surface area (Å²) >= 11 is 0. The van der Waals surface area contributed by atoms with Gasteiger partial charge in [0.25, 0.3) is 0 Å². The molecule has 2 aromatic rings. The Morgan fingerprint density at radius 3 is 2.50 bits per heavy atom. The van der Waals surface area contributed by atoms with Crippen LogP contribution in [0.3, 0.4) is 0 Å². The Morgan fingerprint density at radius 1 is 1.05 bits per heavy atom. The first-order valence-electron chi connectivity index (χ1n) is 7.51. The van der Waals surface area contributed by atoms with E-state index in [9.17, 15) is 5.11 Å². The molecule has 1 aliphatic heterocycles. The van der Waals surface area contributed by atoms with Crippen LogP contribution in [0.25, 0.3) is 0 Å². The van der Waals surface area contributed by atoms with Crippen LogP contribution in [0.2, 0.25) is 0 Å². The standard InChI is InChI=1S/C18H22N2O.ClH/c19-10-16-12-20(11-14-5-4-8-17(21)9-14)13-18(16)15-6-2-1-3-7-15;/h1-9,16,18,21H,10-13,19H2;1H/t16-,18+;/m1./s1. The summed E-state index contributed by atoms with van der Waals surface area (Å²) in [6, 6.07) is 18.2. The Bertz CT molecular complexity index is 591. The van der Waals surface area contributed by atoms with Crippen molar-refractivity contribution in [2.45, 2.75) is 12.5 Å². The summed E-state index contributed by atoms with van der Waals surface area (Å²) in [7, 11) is 0. The molecule has 22 heavy (non-hydrogen) atoms. The molecule has 118 valence electrons. The summed E-state index contributed by atoms with van der Waals surface area (Å²) in [5.41, 5.74) is 8.51. The molecule has 3 nitrogen and oxygen atoms in total. The molecule has 2 atom stereocenters. The van der Waals surface area contributed by atoms with Gasteiger partial charge in [0.1, 0.15) is 5.75 Å². The number of phenolic OH excluding ortho intramolecular Hbond substituents is 1. The van der Waals surface area contributed by atoms with Gasteiger partial charge >= 0.3 is 0 Å². The third-order valence-electron chi connectivity index (χ3n) is 4.36. The number of hydrogen-bond acceptors (Lipinski definition) is 3. The van der Waals surface area contributed by atoms with E-state index < -0.39 is 0 Å². The molecule has 1 fully saturated rings. The van der Waals surface area contributed by atoms with Crippen molar-refractivity contribution in [3.63, 3.8) is 0 Å². The second-order valence-electron chi connectivity index (χ2n) is 5.88. The lowest BCUT2D eigenvalue weighted by Crippen LogP contribution is -2.23. The minimum absolute atomic E-state index is 0. The molecule has 0 unspecified atom stereocenters. The maximum atomic E-state index is 9.58. The van der Waals surface area contributed by atoms with Crippen LogP contribution in [0, 0.1) is 5.92 Å². The highest BCUT2D eigenvalue weighted by atomic mass is 35.5. The molecule has 3 N–H and O–H groups in total. The van der Waals surface area contributed by atoms with Crippen LogP contribution in [-0.4, -0.2) is 29.6 Å². The van der Waals surface area contributed by atoms with Gasteiger partial charge in [0.05, 0.1) is 0 Å². The highest BCUT2D eigenvalue weighted by Crippen LogP contribution is 2.32. The fourth-order valence-corrected chi connectivity index (χ4v) is 3.32. The topological polar surface area (TPSA) is 49.5 Å². The van der Waals surface area contributed by atoms with Crippen LogP contribution in [0.4, 0.5) is 0 Å². The first kappa shape index (κ1) is 16.8. The maximum Gasteiger partial charge on any atom is 0.115 e. The van der Waals surface area contributed by atoms with Gasteiger partial charge in [-0.15, -0.1) is 12.4 Å². The highest BCUT2D eigenvalue weighted by molar-refractivity contribution is 5.85. The quantitative estimate of drug-likeness (QED) is 0.911. The summed E-state index contributed by atoms with van der Waals surface area (Å²) < 4.78 is 0. The van der Waals surface area contributed by atoms with Crippen LogP contribution in [0.15, 0.2) is 54.6 Å². The van der Waals surface area contributed by atoms with E-state index in [1.165, 1.54) is 5.56 Å². The van der Waals surface area contributed by atoms with E-state index >= 15 is 0 Å². The van der Waals surface area contributed by atoms with Crippen molar-refractivity contribution in [2.75, 3.05) is 19.6 Å². The minimum atomic E-state index is 0. The van der Waals surface area contributed by atoms with Gasteiger partial charge in [-0.1, -0.05) is 42.5 Å². The molecule has 0 aromatic heterocycles. The normalized spacial score (nSPS) is 21.5. The van der Waals surface area contributed by atoms with E-state index in [0.29, 0.717) is 17.6 Å². The smallest absolute Gasteiger partial charge is 0.115 e. The highest BCUT2D eigenvalue weighted by Gasteiger charge is 2.32. The molecule has 0 amide bonds. The lowest BCUT2D eigenvalue weighted by Gasteiger charge is -2.17. The van der Waals surface area contributed by atoms with Crippen molar-refractivity contribution in [1.82, 2.24) is 4.90 Å². The van der Waals surface area contributed by atoms with Gasteiger partial charge in [-0.2, -0.15) is 0 Å². The Labute approximate surface area is 138 Å². The van der Waals surface area contributed by atoms with Crippen LogP contribution in [-0.2, 0) is 6.54 Å². The van der Waals surface area contributed by atoms with Crippen LogP contribution >= 0.6 is 12.4 Å². The molecule has 0 bridgehead atoms. The molecule has 3 rings (SSSR count). The summed E-state index contributed by atoms with van der Waals surface area (Å²) in [5, 5.41) is 9.58. The predicted octanol–water partition coefficient (Wildman–Crippen LogP) is 2.99. The summed E-state index contributed by atoms with van der Waals surface area (Å²) in [6.45, 7) is 3.64. The van der Waals surface area contributed by atoms with Crippen molar-refractivity contribution < 1.29 is 5.11 Å². The second kappa shape index (κ2) is 7.63. The first-order valence-corrected chi connectivity index (χ1v) is 7.51. The summed E-state index contributed by atoms with van der Waals surface area (Å²) in [5.74, 6) is 1.35. The number of phenols is 1. The van der Waals surface area contributed by atoms with Gasteiger partial charge in [-0.3, -0.25) is 4.90 Å². The Hall–Kier alpha value is -1.55. The third-order valence-corrected chi connectivity index (χ3v) is 4.36. The van der Waals surface area contributed by atoms with E-state index in [4.69, 9.17) is 5.73 Å². The fraction of sp³-hybridized carbons (Fsp3) is 0.333. The number of nitrogens with two attached hydrogens (primary N) is 1. The predicted molar refractivity (Wildman–Crippen MR) is 92.4 cm³/mol. The first-order chi connectivity index (χ1) is 10.3. The van der Waals surface area contributed by atoms with E-state index in [1.807, 2.05) is 12.1 Å². The van der Waals surface area contributed by atoms with E-state index in [1.54, 1.807) is 6.07 Å². The molecule has 0 spiro atoms. The zero-order valence-corrected chi connectivity index (χ0v) is 13.4. The van der Waals surface area contributed by atoms with Gasteiger partial charge in [0, 0.05) is 25.6 Å². The van der Waals surface area contributed by atoms with Crippen LogP contribution < -0.4 is 5.73 Å². The SMILES string of the molecule is Cl.NC[C@@H]1CN(Cc2cccc(O)c2)C[C@H]1c1ccccc1. The number of likely N-dealkylation sites (tertiary alicyclic amines) is 1. The summed E-state index contributed by atoms with van der Waals surface area (Å²) in [6.07, 6.45) is 0. The monoisotopic (exact) mass is 318 g/mol. The molecule has 0 aliphatic carbocycles. The average molecular weight is 319 g/mol. The number of halogens is 1. The molecule has 0 saturated carbocycles. The Balaban J connectivity index is 0.00000176. The molecule has 1 saturated heterocycles. The molecule has 0 radical (unpaired) electrons. The fourth-order valence-electron chi connectivity index (χ4n) is 3.32. The number of rotatable bonds is 4. The number of hydrogen-bond donors (Lipinski definition) is 2. The number of aromatic hydroxyl groups is 1. The molecular formula is C18H23ClN2O. The average Bonchev–Trinajstić information content (AvgIpc) is 2.91. The van der Waals surface area contributed by atoms with Gasteiger partial charge in [-0.05, 0) is 35.7 Å². The Morgan fingerprint density at radius 2 is 1.82 bits per heavy atom. The largest absolute Gasteiger partial charge is 0.508 e. The van der Waals surface area contributed by atoms with E-state index in [-0.39, 0.29) is 12.4 Å². The van der Waals surface area contributed by atoms with Crippen molar-refractivity contribution in [3.05, 3.63) is 65.7 Å². The molecule has 1 heterocycles. The molecule has 1 aliphatic rings. The summed E-state index contributed by atoms with van der Waals surface area (Å²) in [4.78, 5) is 2.43. The zero-order valence-electron chi connectivity index (χ0n) is 12.6. The molecule has 4 heteroatoms. The van der Waals surface area contributed by atoms with Gasteiger partial charge < -0.3 is 10.8 Å². The molecular weight excluding hydrogens is 296 g/mol. The lowest BCUT2D eigenvalue weighted by molar-refractivity contribution is 0.316. The van der Waals surface area contributed by atoms with Gasteiger partial charge in [-0.25, -0.2) is 0 Å². The second-order valence-corrected chi connectivity index (χ2v) is 5.88. The number of benzene rings is 2. The molecule has 2 aromatic carbocycles. The van der Waals surface area contributed by atoms with Crippen molar-refractivity contribution in [3.8, 4) is 5.75 Å². The van der Waals surface area contributed by atoms with Crippen molar-refractivity contribution in [2.24, 2.45) is 11.7 Å². The van der Waals surface area contributed by atoms with Crippen molar-refractivity contribution >= 4 is 12.4 Å². The Kier molecular flexibility index (Phi) is 5.83. The van der Waals surface area contributed by atoms with E-state index in [0.717, 1.165) is 31.7 Å². The van der Waals surface area contributed by atoms with Gasteiger partial charge in [0.15, 0.2) is 0 Å². The van der Waals surface area contributed by atoms with Crippen LogP contribution in [0.5, 0.6) is 5.75 Å². The van der Waals surface area contributed by atoms with Crippen molar-refractivity contribution in [1.29, 1.82) is 0 Å². The minimum Gasteiger partial charge on any atom is -0.508 e. The van der Waals surface area contributed by atoms with Crippen LogP contribution in [0.1, 0.15) is 17.0 Å². The maximum absolute atomic E-state index is 9.58. The number of nitrogens with zero attached hydrogens (tertiary/aromatic N) is 1. The zero-order chi connectivity index (χ0) is 14.7.